The molecule has 1 aromatic carbocycles. The Morgan fingerprint density at radius 3 is 2.71 bits per heavy atom. The van der Waals surface area contributed by atoms with E-state index in [1.165, 1.54) is 28.6 Å². The SMILES string of the molecule is CC(C)(C)c1nnc2n(c1=O)N=C(c1cccc([N+](=O)[O-])c1)CS2. The summed E-state index contributed by atoms with van der Waals surface area (Å²) in [5.74, 6) is 0.462. The molecule has 24 heavy (non-hydrogen) atoms. The van der Waals surface area contributed by atoms with Crippen molar-refractivity contribution < 1.29 is 4.92 Å². The van der Waals surface area contributed by atoms with Gasteiger partial charge in [0.15, 0.2) is 0 Å². The minimum absolute atomic E-state index is 0.0124. The molecule has 0 radical (unpaired) electrons. The van der Waals surface area contributed by atoms with Crippen LogP contribution in [0.3, 0.4) is 0 Å². The van der Waals surface area contributed by atoms with E-state index in [1.54, 1.807) is 12.1 Å². The zero-order valence-corrected chi connectivity index (χ0v) is 14.2. The van der Waals surface area contributed by atoms with E-state index in [4.69, 9.17) is 0 Å². The molecule has 0 bridgehead atoms. The van der Waals surface area contributed by atoms with Crippen LogP contribution in [-0.2, 0) is 5.41 Å². The Labute approximate surface area is 141 Å². The van der Waals surface area contributed by atoms with E-state index in [1.807, 2.05) is 20.8 Å². The van der Waals surface area contributed by atoms with Gasteiger partial charge in [-0.3, -0.25) is 14.9 Å². The fourth-order valence-electron chi connectivity index (χ4n) is 2.24. The highest BCUT2D eigenvalue weighted by Crippen LogP contribution is 2.24. The number of nitro benzene ring substituents is 1. The molecule has 1 aliphatic heterocycles. The van der Waals surface area contributed by atoms with Gasteiger partial charge in [-0.1, -0.05) is 44.7 Å². The van der Waals surface area contributed by atoms with Gasteiger partial charge in [0.1, 0.15) is 5.69 Å². The van der Waals surface area contributed by atoms with Crippen LogP contribution >= 0.6 is 11.8 Å². The highest BCUT2D eigenvalue weighted by Gasteiger charge is 2.26. The van der Waals surface area contributed by atoms with E-state index < -0.39 is 10.3 Å². The summed E-state index contributed by atoms with van der Waals surface area (Å²) in [5.41, 5.74) is 0.754. The number of thioether (sulfide) groups is 1. The standard InChI is InChI=1S/C15H15N5O3S/c1-15(2,3)12-13(21)19-14(17-16-12)24-8-11(18-19)9-5-4-6-10(7-9)20(22)23/h4-7H,8H2,1-3H3. The van der Waals surface area contributed by atoms with Crippen LogP contribution in [0.15, 0.2) is 39.3 Å². The van der Waals surface area contributed by atoms with Crippen LogP contribution in [0.4, 0.5) is 5.69 Å². The average molecular weight is 345 g/mol. The minimum Gasteiger partial charge on any atom is -0.265 e. The zero-order valence-electron chi connectivity index (χ0n) is 13.4. The van der Waals surface area contributed by atoms with Crippen LogP contribution < -0.4 is 5.56 Å². The summed E-state index contributed by atoms with van der Waals surface area (Å²) in [6.07, 6.45) is 0. The minimum atomic E-state index is -0.455. The van der Waals surface area contributed by atoms with Gasteiger partial charge in [-0.15, -0.1) is 10.2 Å². The Kier molecular flexibility index (Phi) is 3.96. The average Bonchev–Trinajstić information content (AvgIpc) is 2.54. The van der Waals surface area contributed by atoms with E-state index in [9.17, 15) is 14.9 Å². The first kappa shape index (κ1) is 16.3. The molecule has 8 nitrogen and oxygen atoms in total. The number of fused-ring (bicyclic) bond motifs is 1. The second kappa shape index (κ2) is 5.82. The van der Waals surface area contributed by atoms with Crippen molar-refractivity contribution in [1.82, 2.24) is 14.9 Å². The van der Waals surface area contributed by atoms with Crippen molar-refractivity contribution in [2.24, 2.45) is 5.10 Å². The Bertz CT molecular complexity index is 914. The van der Waals surface area contributed by atoms with Crippen molar-refractivity contribution in [1.29, 1.82) is 0 Å². The third-order valence-electron chi connectivity index (χ3n) is 3.47. The molecule has 0 aliphatic carbocycles. The first-order valence-electron chi connectivity index (χ1n) is 7.23. The van der Waals surface area contributed by atoms with Crippen LogP contribution in [0, 0.1) is 10.1 Å². The Morgan fingerprint density at radius 1 is 1.29 bits per heavy atom. The predicted octanol–water partition coefficient (Wildman–Crippen LogP) is 2.20. The Morgan fingerprint density at radius 2 is 2.04 bits per heavy atom. The zero-order chi connectivity index (χ0) is 17.5. The Hall–Kier alpha value is -2.55. The first-order chi connectivity index (χ1) is 11.3. The summed E-state index contributed by atoms with van der Waals surface area (Å²) >= 11 is 1.33. The molecule has 0 saturated carbocycles. The number of non-ortho nitro benzene ring substituents is 1. The van der Waals surface area contributed by atoms with Crippen molar-refractivity contribution in [2.75, 3.05) is 5.75 Å². The van der Waals surface area contributed by atoms with Gasteiger partial charge in [0, 0.05) is 28.9 Å². The largest absolute Gasteiger partial charge is 0.297 e. The maximum absolute atomic E-state index is 12.6. The van der Waals surface area contributed by atoms with Crippen molar-refractivity contribution >= 4 is 23.2 Å². The molecular formula is C15H15N5O3S. The third-order valence-corrected chi connectivity index (χ3v) is 4.40. The molecular weight excluding hydrogens is 330 g/mol. The van der Waals surface area contributed by atoms with Gasteiger partial charge in [0.05, 0.1) is 10.6 Å². The molecule has 1 aromatic heterocycles. The van der Waals surface area contributed by atoms with Gasteiger partial charge in [-0.25, -0.2) is 0 Å². The molecule has 0 atom stereocenters. The third kappa shape index (κ3) is 2.94. The number of rotatable bonds is 2. The molecule has 2 heterocycles. The van der Waals surface area contributed by atoms with E-state index in [0.717, 1.165) is 0 Å². The number of aromatic nitrogens is 3. The number of nitro groups is 1. The van der Waals surface area contributed by atoms with E-state index in [-0.39, 0.29) is 11.2 Å². The van der Waals surface area contributed by atoms with Crippen molar-refractivity contribution in [2.45, 2.75) is 31.3 Å². The number of hydrogen-bond acceptors (Lipinski definition) is 7. The topological polar surface area (TPSA) is 103 Å². The summed E-state index contributed by atoms with van der Waals surface area (Å²) in [6.45, 7) is 5.64. The quantitative estimate of drug-likeness (QED) is 0.610. The Balaban J connectivity index is 2.11. The molecule has 2 aromatic rings. The molecule has 0 saturated heterocycles. The molecule has 0 spiro atoms. The molecule has 3 rings (SSSR count). The smallest absolute Gasteiger partial charge is 0.265 e. The van der Waals surface area contributed by atoms with E-state index >= 15 is 0 Å². The van der Waals surface area contributed by atoms with Gasteiger partial charge in [0.2, 0.25) is 5.16 Å². The van der Waals surface area contributed by atoms with Gasteiger partial charge < -0.3 is 0 Å². The second-order valence-electron chi connectivity index (χ2n) is 6.34. The van der Waals surface area contributed by atoms with Crippen molar-refractivity contribution in [3.05, 3.63) is 56.0 Å². The summed E-state index contributed by atoms with van der Waals surface area (Å²) < 4.78 is 1.23. The number of benzene rings is 1. The fraction of sp³-hybridized carbons (Fsp3) is 0.333. The number of hydrogen-bond donors (Lipinski definition) is 0. The van der Waals surface area contributed by atoms with Crippen LogP contribution in [0.2, 0.25) is 0 Å². The van der Waals surface area contributed by atoms with Gasteiger partial charge in [0.25, 0.3) is 11.2 Å². The van der Waals surface area contributed by atoms with E-state index in [2.05, 4.69) is 15.3 Å². The van der Waals surface area contributed by atoms with E-state index in [0.29, 0.717) is 27.9 Å². The highest BCUT2D eigenvalue weighted by atomic mass is 32.2. The maximum Gasteiger partial charge on any atom is 0.297 e. The molecule has 124 valence electrons. The van der Waals surface area contributed by atoms with Crippen molar-refractivity contribution in [3.8, 4) is 0 Å². The monoisotopic (exact) mass is 345 g/mol. The van der Waals surface area contributed by atoms with Gasteiger partial charge >= 0.3 is 0 Å². The van der Waals surface area contributed by atoms with Crippen LogP contribution in [0.25, 0.3) is 0 Å². The highest BCUT2D eigenvalue weighted by molar-refractivity contribution is 7.99. The molecule has 9 heteroatoms. The van der Waals surface area contributed by atoms with Crippen LogP contribution in [-0.4, -0.2) is 31.3 Å². The molecule has 0 amide bonds. The lowest BCUT2D eigenvalue weighted by molar-refractivity contribution is -0.384. The summed E-state index contributed by atoms with van der Waals surface area (Å²) in [6, 6.07) is 6.21. The van der Waals surface area contributed by atoms with Gasteiger partial charge in [-0.2, -0.15) is 9.78 Å². The first-order valence-corrected chi connectivity index (χ1v) is 8.21. The molecule has 0 unspecified atom stereocenters. The summed E-state index contributed by atoms with van der Waals surface area (Å²) in [7, 11) is 0. The molecule has 0 N–H and O–H groups in total. The molecule has 0 fully saturated rings. The summed E-state index contributed by atoms with van der Waals surface area (Å²) in [4.78, 5) is 23.1. The van der Waals surface area contributed by atoms with Crippen molar-refractivity contribution in [3.63, 3.8) is 0 Å². The lowest BCUT2D eigenvalue weighted by Crippen LogP contribution is -2.34. The maximum atomic E-state index is 12.6. The second-order valence-corrected chi connectivity index (χ2v) is 7.28. The van der Waals surface area contributed by atoms with Gasteiger partial charge in [-0.05, 0) is 0 Å². The van der Waals surface area contributed by atoms with Crippen LogP contribution in [0.1, 0.15) is 32.0 Å². The van der Waals surface area contributed by atoms with Crippen LogP contribution in [0.5, 0.6) is 0 Å². The fourth-order valence-corrected chi connectivity index (χ4v) is 3.07. The lowest BCUT2D eigenvalue weighted by atomic mass is 9.93. The summed E-state index contributed by atoms with van der Waals surface area (Å²) in [5, 5.41) is 23.8. The number of nitrogens with zero attached hydrogens (tertiary/aromatic N) is 5. The predicted molar refractivity (Wildman–Crippen MR) is 90.7 cm³/mol. The lowest BCUT2D eigenvalue weighted by Gasteiger charge is -2.19. The molecule has 1 aliphatic rings. The normalized spacial score (nSPS) is 14.0.